The number of ether oxygens (including phenoxy) is 4. The van der Waals surface area contributed by atoms with E-state index in [1.807, 2.05) is 38.1 Å². The zero-order valence-electron chi connectivity index (χ0n) is 18.7. The van der Waals surface area contributed by atoms with Crippen LogP contribution in [0.5, 0.6) is 17.2 Å². The molecule has 1 saturated carbocycles. The summed E-state index contributed by atoms with van der Waals surface area (Å²) in [6.45, 7) is 3.82. The van der Waals surface area contributed by atoms with Crippen LogP contribution in [0.4, 0.5) is 0 Å². The van der Waals surface area contributed by atoms with E-state index in [4.69, 9.17) is 30.5 Å². The smallest absolute Gasteiger partial charge is 0.338 e. The monoisotopic (exact) mass is 461 g/mol. The van der Waals surface area contributed by atoms with Crippen molar-refractivity contribution in [1.29, 1.82) is 0 Å². The van der Waals surface area contributed by atoms with E-state index in [1.165, 1.54) is 19.2 Å². The summed E-state index contributed by atoms with van der Waals surface area (Å²) in [4.78, 5) is 27.1. The van der Waals surface area contributed by atoms with Gasteiger partial charge in [-0.1, -0.05) is 23.7 Å². The van der Waals surface area contributed by atoms with Gasteiger partial charge < -0.3 is 23.8 Å². The molecule has 0 aliphatic heterocycles. The summed E-state index contributed by atoms with van der Waals surface area (Å²) in [5, 5.41) is 0.232. The summed E-state index contributed by atoms with van der Waals surface area (Å²) in [6.07, 6.45) is 1.77. The van der Waals surface area contributed by atoms with Crippen LogP contribution in [-0.4, -0.2) is 49.7 Å². The summed E-state index contributed by atoms with van der Waals surface area (Å²) < 4.78 is 21.4. The highest BCUT2D eigenvalue weighted by atomic mass is 35.5. The first-order chi connectivity index (χ1) is 15.3. The third kappa shape index (κ3) is 6.07. The molecule has 0 N–H and O–H groups in total. The quantitative estimate of drug-likeness (QED) is 0.485. The molecule has 3 rings (SSSR count). The molecule has 1 aliphatic carbocycles. The lowest BCUT2D eigenvalue weighted by atomic mass is 10.2. The van der Waals surface area contributed by atoms with E-state index < -0.39 is 5.97 Å². The largest absolute Gasteiger partial charge is 0.497 e. The minimum Gasteiger partial charge on any atom is -0.497 e. The van der Waals surface area contributed by atoms with E-state index in [1.54, 1.807) is 12.0 Å². The number of amides is 1. The van der Waals surface area contributed by atoms with E-state index in [0.717, 1.165) is 24.2 Å². The number of nitrogens with zero attached hydrogens (tertiary/aromatic N) is 1. The molecular weight excluding hydrogens is 434 g/mol. The first-order valence-corrected chi connectivity index (χ1v) is 10.8. The molecule has 2 aromatic rings. The third-order valence-electron chi connectivity index (χ3n) is 4.97. The lowest BCUT2D eigenvalue weighted by molar-refractivity contribution is -0.135. The number of hydrogen-bond acceptors (Lipinski definition) is 6. The second kappa shape index (κ2) is 10.6. The summed E-state index contributed by atoms with van der Waals surface area (Å²) in [5.41, 5.74) is 1.17. The van der Waals surface area contributed by atoms with Crippen LogP contribution in [0.3, 0.4) is 0 Å². The Hall–Kier alpha value is -2.93. The van der Waals surface area contributed by atoms with Crippen molar-refractivity contribution >= 4 is 23.5 Å². The fourth-order valence-electron chi connectivity index (χ4n) is 3.22. The Morgan fingerprint density at radius 3 is 2.34 bits per heavy atom. The van der Waals surface area contributed by atoms with Gasteiger partial charge in [-0.05, 0) is 56.5 Å². The van der Waals surface area contributed by atoms with Crippen LogP contribution >= 0.6 is 11.6 Å². The summed E-state index contributed by atoms with van der Waals surface area (Å²) in [6, 6.07) is 10.7. The standard InChI is InChI=1S/C24H28ClNO6/c1-15(2)32-23-20(25)11-17(12-21(23)30-4)24(28)31-14-22(27)26(18-7-8-18)13-16-5-9-19(29-3)10-6-16/h5-6,9-12,15,18H,7-8,13-14H2,1-4H3. The number of methoxy groups -OCH3 is 2. The molecule has 2 aromatic carbocycles. The van der Waals surface area contributed by atoms with Gasteiger partial charge in [0.05, 0.1) is 30.9 Å². The van der Waals surface area contributed by atoms with E-state index in [0.29, 0.717) is 18.0 Å². The Balaban J connectivity index is 1.64. The minimum atomic E-state index is -0.658. The van der Waals surface area contributed by atoms with Gasteiger partial charge in [-0.2, -0.15) is 0 Å². The Labute approximate surface area is 193 Å². The number of rotatable bonds is 10. The van der Waals surface area contributed by atoms with Gasteiger partial charge in [0.1, 0.15) is 5.75 Å². The van der Waals surface area contributed by atoms with Crippen LogP contribution in [0.25, 0.3) is 0 Å². The number of halogens is 1. The highest BCUT2D eigenvalue weighted by molar-refractivity contribution is 6.32. The van der Waals surface area contributed by atoms with Crippen molar-refractivity contribution in [3.63, 3.8) is 0 Å². The lowest BCUT2D eigenvalue weighted by Crippen LogP contribution is -2.36. The molecule has 0 bridgehead atoms. The Morgan fingerprint density at radius 2 is 1.78 bits per heavy atom. The molecule has 1 fully saturated rings. The molecule has 0 saturated heterocycles. The van der Waals surface area contributed by atoms with Gasteiger partial charge >= 0.3 is 5.97 Å². The van der Waals surface area contributed by atoms with Crippen LogP contribution in [-0.2, 0) is 16.1 Å². The number of esters is 1. The predicted molar refractivity (Wildman–Crippen MR) is 121 cm³/mol. The second-order valence-electron chi connectivity index (χ2n) is 7.83. The van der Waals surface area contributed by atoms with Crippen molar-refractivity contribution in [2.24, 2.45) is 0 Å². The number of carbonyl (C=O) groups is 2. The van der Waals surface area contributed by atoms with E-state index >= 15 is 0 Å². The molecule has 0 aromatic heterocycles. The molecule has 0 radical (unpaired) electrons. The van der Waals surface area contributed by atoms with Gasteiger partial charge in [0, 0.05) is 12.6 Å². The highest BCUT2D eigenvalue weighted by Gasteiger charge is 2.33. The molecule has 8 heteroatoms. The average Bonchev–Trinajstić information content (AvgIpc) is 3.62. The van der Waals surface area contributed by atoms with Crippen molar-refractivity contribution < 1.29 is 28.5 Å². The number of hydrogen-bond donors (Lipinski definition) is 0. The van der Waals surface area contributed by atoms with Gasteiger partial charge in [0.25, 0.3) is 5.91 Å². The summed E-state index contributed by atoms with van der Waals surface area (Å²) in [5.74, 6) is 0.537. The third-order valence-corrected chi connectivity index (χ3v) is 5.25. The average molecular weight is 462 g/mol. The molecule has 0 unspecified atom stereocenters. The van der Waals surface area contributed by atoms with Crippen LogP contribution in [0.1, 0.15) is 42.6 Å². The molecule has 0 atom stereocenters. The van der Waals surface area contributed by atoms with Crippen molar-refractivity contribution in [2.75, 3.05) is 20.8 Å². The van der Waals surface area contributed by atoms with Crippen molar-refractivity contribution in [1.82, 2.24) is 4.90 Å². The van der Waals surface area contributed by atoms with Crippen LogP contribution in [0.15, 0.2) is 36.4 Å². The van der Waals surface area contributed by atoms with E-state index in [-0.39, 0.29) is 35.2 Å². The van der Waals surface area contributed by atoms with Crippen LogP contribution < -0.4 is 14.2 Å². The highest BCUT2D eigenvalue weighted by Crippen LogP contribution is 2.37. The first-order valence-electron chi connectivity index (χ1n) is 10.5. The Kier molecular flexibility index (Phi) is 7.85. The fraction of sp³-hybridized carbons (Fsp3) is 0.417. The van der Waals surface area contributed by atoms with Gasteiger partial charge in [0.15, 0.2) is 18.1 Å². The normalized spacial score (nSPS) is 12.9. The second-order valence-corrected chi connectivity index (χ2v) is 8.24. The molecule has 0 heterocycles. The van der Waals surface area contributed by atoms with Gasteiger partial charge in [0.2, 0.25) is 0 Å². The number of benzene rings is 2. The molecule has 0 spiro atoms. The Bertz CT molecular complexity index is 956. The maximum atomic E-state index is 12.8. The molecule has 32 heavy (non-hydrogen) atoms. The summed E-state index contributed by atoms with van der Waals surface area (Å²) in [7, 11) is 3.07. The lowest BCUT2D eigenvalue weighted by Gasteiger charge is -2.22. The maximum absolute atomic E-state index is 12.8. The van der Waals surface area contributed by atoms with Crippen molar-refractivity contribution in [3.8, 4) is 17.2 Å². The van der Waals surface area contributed by atoms with Crippen LogP contribution in [0, 0.1) is 0 Å². The van der Waals surface area contributed by atoms with E-state index in [9.17, 15) is 9.59 Å². The minimum absolute atomic E-state index is 0.115. The zero-order valence-corrected chi connectivity index (χ0v) is 19.5. The SMILES string of the molecule is COc1ccc(CN(C(=O)COC(=O)c2cc(Cl)c(OC(C)C)c(OC)c2)C2CC2)cc1. The molecule has 1 amide bonds. The molecule has 7 nitrogen and oxygen atoms in total. The van der Waals surface area contributed by atoms with Gasteiger partial charge in [-0.3, -0.25) is 4.79 Å². The van der Waals surface area contributed by atoms with Gasteiger partial charge in [-0.15, -0.1) is 0 Å². The maximum Gasteiger partial charge on any atom is 0.338 e. The molecular formula is C24H28ClNO6. The fourth-order valence-corrected chi connectivity index (χ4v) is 3.47. The Morgan fingerprint density at radius 1 is 1.09 bits per heavy atom. The molecule has 1 aliphatic rings. The first kappa shape index (κ1) is 23.7. The topological polar surface area (TPSA) is 74.3 Å². The molecule has 172 valence electrons. The van der Waals surface area contributed by atoms with Crippen molar-refractivity contribution in [3.05, 3.63) is 52.5 Å². The summed E-state index contributed by atoms with van der Waals surface area (Å²) >= 11 is 6.28. The zero-order chi connectivity index (χ0) is 23.3. The number of carbonyl (C=O) groups excluding carboxylic acids is 2. The predicted octanol–water partition coefficient (Wildman–Crippen LogP) is 4.49. The van der Waals surface area contributed by atoms with Crippen molar-refractivity contribution in [2.45, 2.75) is 45.4 Å². The van der Waals surface area contributed by atoms with Crippen LogP contribution in [0.2, 0.25) is 5.02 Å². The van der Waals surface area contributed by atoms with Gasteiger partial charge in [-0.25, -0.2) is 4.79 Å². The van der Waals surface area contributed by atoms with E-state index in [2.05, 4.69) is 0 Å².